The zero-order valence-corrected chi connectivity index (χ0v) is 12.2. The summed E-state index contributed by atoms with van der Waals surface area (Å²) in [5.74, 6) is 0.188. The Morgan fingerprint density at radius 3 is 2.57 bits per heavy atom. The summed E-state index contributed by atoms with van der Waals surface area (Å²) in [4.78, 5) is 13.9. The van der Waals surface area contributed by atoms with Gasteiger partial charge in [0.2, 0.25) is 5.91 Å². The van der Waals surface area contributed by atoms with E-state index in [9.17, 15) is 13.6 Å². The van der Waals surface area contributed by atoms with Crippen LogP contribution < -0.4 is 10.1 Å². The van der Waals surface area contributed by atoms with Crippen molar-refractivity contribution in [2.24, 2.45) is 0 Å². The molecule has 1 aromatic carbocycles. The van der Waals surface area contributed by atoms with Gasteiger partial charge in [-0.1, -0.05) is 25.5 Å². The van der Waals surface area contributed by atoms with Gasteiger partial charge >= 0.3 is 6.61 Å². The maximum absolute atomic E-state index is 12.1. The summed E-state index contributed by atoms with van der Waals surface area (Å²) in [6.07, 6.45) is 1.73. The number of halogens is 2. The molecule has 0 saturated carbocycles. The van der Waals surface area contributed by atoms with E-state index >= 15 is 0 Å². The molecule has 1 saturated heterocycles. The number of nitrogens with zero attached hydrogens (tertiary/aromatic N) is 1. The maximum atomic E-state index is 12.1. The second-order valence-corrected chi connectivity index (χ2v) is 5.12. The van der Waals surface area contributed by atoms with Crippen LogP contribution in [0.2, 0.25) is 0 Å². The summed E-state index contributed by atoms with van der Waals surface area (Å²) in [7, 11) is 0. The molecular formula is C15H20F2N2O2. The van der Waals surface area contributed by atoms with Gasteiger partial charge in [-0.2, -0.15) is 8.78 Å². The highest BCUT2D eigenvalue weighted by molar-refractivity contribution is 5.84. The number of benzene rings is 1. The van der Waals surface area contributed by atoms with E-state index in [1.165, 1.54) is 12.1 Å². The number of ether oxygens (including phenoxy) is 1. The Labute approximate surface area is 123 Å². The molecule has 0 aliphatic carbocycles. The van der Waals surface area contributed by atoms with Crippen LogP contribution in [0.3, 0.4) is 0 Å². The number of hydrogen-bond donors (Lipinski definition) is 1. The summed E-state index contributed by atoms with van der Waals surface area (Å²) >= 11 is 0. The smallest absolute Gasteiger partial charge is 0.387 e. The summed E-state index contributed by atoms with van der Waals surface area (Å²) < 4.78 is 28.6. The third-order valence-corrected chi connectivity index (χ3v) is 3.55. The van der Waals surface area contributed by atoms with Crippen LogP contribution in [0.1, 0.15) is 38.4 Å². The zero-order chi connectivity index (χ0) is 15.4. The minimum Gasteiger partial charge on any atom is -0.435 e. The Morgan fingerprint density at radius 1 is 1.33 bits per heavy atom. The normalized spacial score (nSPS) is 22.1. The lowest BCUT2D eigenvalue weighted by atomic mass is 10.1. The Balaban J connectivity index is 2.13. The average Bonchev–Trinajstić information content (AvgIpc) is 2.73. The van der Waals surface area contributed by atoms with E-state index in [4.69, 9.17) is 0 Å². The van der Waals surface area contributed by atoms with Gasteiger partial charge in [-0.25, -0.2) is 0 Å². The van der Waals surface area contributed by atoms with Gasteiger partial charge in [0.05, 0.1) is 6.04 Å². The van der Waals surface area contributed by atoms with E-state index < -0.39 is 6.61 Å². The summed E-state index contributed by atoms with van der Waals surface area (Å²) in [5, 5.41) is 3.23. The molecule has 0 bridgehead atoms. The molecule has 2 unspecified atom stereocenters. The second-order valence-electron chi connectivity index (χ2n) is 5.12. The third kappa shape index (κ3) is 3.69. The molecule has 2 atom stereocenters. The topological polar surface area (TPSA) is 41.6 Å². The van der Waals surface area contributed by atoms with E-state index in [1.807, 2.05) is 6.92 Å². The first-order valence-corrected chi connectivity index (χ1v) is 7.14. The fraction of sp³-hybridized carbons (Fsp3) is 0.533. The summed E-state index contributed by atoms with van der Waals surface area (Å²) in [6, 6.07) is 6.17. The molecule has 0 radical (unpaired) electrons. The van der Waals surface area contributed by atoms with Crippen LogP contribution in [-0.2, 0) is 4.79 Å². The fourth-order valence-electron chi connectivity index (χ4n) is 2.45. The van der Waals surface area contributed by atoms with E-state index in [1.54, 1.807) is 17.0 Å². The van der Waals surface area contributed by atoms with Crippen molar-refractivity contribution >= 4 is 5.91 Å². The predicted molar refractivity (Wildman–Crippen MR) is 75.0 cm³/mol. The van der Waals surface area contributed by atoms with Gasteiger partial charge < -0.3 is 9.64 Å². The van der Waals surface area contributed by atoms with Crippen LogP contribution in [0.15, 0.2) is 24.3 Å². The minimum absolute atomic E-state index is 0.0707. The summed E-state index contributed by atoms with van der Waals surface area (Å²) in [6.45, 7) is 1.76. The Hall–Kier alpha value is -1.69. The standard InChI is InChI=1S/C15H20F2N2O2/c1-3-4-9-19-13(18-10(2)14(19)20)11-5-7-12(8-6-11)21-15(16)17/h5-8,10,13,15,18H,3-4,9H2,1-2H3. The SMILES string of the molecule is CCCCN1C(=O)C(C)NC1c1ccc(OC(F)F)cc1. The predicted octanol–water partition coefficient (Wildman–Crippen LogP) is 2.91. The lowest BCUT2D eigenvalue weighted by Crippen LogP contribution is -2.31. The molecule has 1 N–H and O–H groups in total. The first kappa shape index (κ1) is 15.7. The molecule has 21 heavy (non-hydrogen) atoms. The Morgan fingerprint density at radius 2 is 2.00 bits per heavy atom. The molecule has 116 valence electrons. The van der Waals surface area contributed by atoms with E-state index in [2.05, 4.69) is 17.0 Å². The number of hydrogen-bond acceptors (Lipinski definition) is 3. The van der Waals surface area contributed by atoms with Crippen molar-refractivity contribution in [3.05, 3.63) is 29.8 Å². The lowest BCUT2D eigenvalue weighted by molar-refractivity contribution is -0.129. The van der Waals surface area contributed by atoms with Crippen molar-refractivity contribution in [1.29, 1.82) is 0 Å². The van der Waals surface area contributed by atoms with Crippen molar-refractivity contribution in [2.75, 3.05) is 6.54 Å². The molecule has 1 aliphatic heterocycles. The number of nitrogens with one attached hydrogen (secondary N) is 1. The van der Waals surface area contributed by atoms with Crippen molar-refractivity contribution in [1.82, 2.24) is 10.2 Å². The number of carbonyl (C=O) groups is 1. The average molecular weight is 298 g/mol. The first-order chi connectivity index (χ1) is 10.0. The highest BCUT2D eigenvalue weighted by Crippen LogP contribution is 2.27. The van der Waals surface area contributed by atoms with Crippen molar-refractivity contribution in [3.63, 3.8) is 0 Å². The van der Waals surface area contributed by atoms with E-state index in [0.29, 0.717) is 6.54 Å². The molecule has 0 aromatic heterocycles. The number of amides is 1. The van der Waals surface area contributed by atoms with Gasteiger partial charge in [-0.15, -0.1) is 0 Å². The van der Waals surface area contributed by atoms with Gasteiger partial charge in [-0.3, -0.25) is 10.1 Å². The van der Waals surface area contributed by atoms with Gasteiger partial charge in [0.1, 0.15) is 11.9 Å². The molecule has 1 fully saturated rings. The Kier molecular flexibility index (Phi) is 5.12. The molecule has 0 spiro atoms. The second kappa shape index (κ2) is 6.85. The number of unbranched alkanes of at least 4 members (excludes halogenated alkanes) is 1. The quantitative estimate of drug-likeness (QED) is 0.878. The maximum Gasteiger partial charge on any atom is 0.387 e. The molecule has 2 rings (SSSR count). The third-order valence-electron chi connectivity index (χ3n) is 3.55. The highest BCUT2D eigenvalue weighted by atomic mass is 19.3. The van der Waals surface area contributed by atoms with E-state index in [0.717, 1.165) is 18.4 Å². The van der Waals surface area contributed by atoms with Crippen molar-refractivity contribution < 1.29 is 18.3 Å². The highest BCUT2D eigenvalue weighted by Gasteiger charge is 2.36. The van der Waals surface area contributed by atoms with Crippen molar-refractivity contribution in [3.8, 4) is 5.75 Å². The number of carbonyl (C=O) groups excluding carboxylic acids is 1. The van der Waals surface area contributed by atoms with Crippen LogP contribution in [0.25, 0.3) is 0 Å². The van der Waals surface area contributed by atoms with Gasteiger partial charge in [0, 0.05) is 6.54 Å². The van der Waals surface area contributed by atoms with Crippen LogP contribution in [-0.4, -0.2) is 30.0 Å². The van der Waals surface area contributed by atoms with Crippen LogP contribution >= 0.6 is 0 Å². The molecule has 1 amide bonds. The van der Waals surface area contributed by atoms with Crippen LogP contribution in [0.5, 0.6) is 5.75 Å². The van der Waals surface area contributed by atoms with Gasteiger partial charge in [0.15, 0.2) is 0 Å². The van der Waals surface area contributed by atoms with Crippen molar-refractivity contribution in [2.45, 2.75) is 45.5 Å². The van der Waals surface area contributed by atoms with Crippen LogP contribution in [0, 0.1) is 0 Å². The van der Waals surface area contributed by atoms with Gasteiger partial charge in [-0.05, 0) is 31.0 Å². The lowest BCUT2D eigenvalue weighted by Gasteiger charge is -2.24. The Bertz CT molecular complexity index is 479. The molecule has 6 heteroatoms. The molecule has 1 aromatic rings. The molecular weight excluding hydrogens is 278 g/mol. The zero-order valence-electron chi connectivity index (χ0n) is 12.2. The van der Waals surface area contributed by atoms with Gasteiger partial charge in [0.25, 0.3) is 0 Å². The monoisotopic (exact) mass is 298 g/mol. The van der Waals surface area contributed by atoms with E-state index in [-0.39, 0.29) is 23.9 Å². The first-order valence-electron chi connectivity index (χ1n) is 7.14. The molecule has 1 heterocycles. The fourth-order valence-corrected chi connectivity index (χ4v) is 2.45. The molecule has 1 aliphatic rings. The number of alkyl halides is 2. The summed E-state index contributed by atoms with van der Waals surface area (Å²) in [5.41, 5.74) is 0.866. The largest absolute Gasteiger partial charge is 0.435 e. The van der Waals surface area contributed by atoms with Crippen LogP contribution in [0.4, 0.5) is 8.78 Å². The minimum atomic E-state index is -2.83. The molecule has 4 nitrogen and oxygen atoms in total. The number of rotatable bonds is 6.